The molecule has 0 unspecified atom stereocenters. The van der Waals surface area contributed by atoms with Crippen molar-refractivity contribution < 1.29 is 9.18 Å². The van der Waals surface area contributed by atoms with E-state index < -0.39 is 11.7 Å². The Hall–Kier alpha value is -3.00. The molecule has 0 aliphatic rings. The van der Waals surface area contributed by atoms with Crippen LogP contribution in [-0.4, -0.2) is 37.0 Å². The van der Waals surface area contributed by atoms with Crippen molar-refractivity contribution in [3.8, 4) is 0 Å². The molecule has 1 aromatic carbocycles. The lowest BCUT2D eigenvalue weighted by molar-refractivity contribution is 0.0954. The van der Waals surface area contributed by atoms with Crippen molar-refractivity contribution in [2.75, 3.05) is 6.54 Å². The van der Waals surface area contributed by atoms with Gasteiger partial charge in [0, 0.05) is 29.6 Å². The molecule has 0 saturated heterocycles. The van der Waals surface area contributed by atoms with E-state index in [9.17, 15) is 9.18 Å². The molecular weight excluding hydrogens is 395 g/mol. The lowest BCUT2D eigenvalue weighted by Crippen LogP contribution is -2.27. The van der Waals surface area contributed by atoms with Gasteiger partial charge in [-0.3, -0.25) is 9.20 Å². The van der Waals surface area contributed by atoms with Gasteiger partial charge in [0.15, 0.2) is 5.65 Å². The van der Waals surface area contributed by atoms with Crippen LogP contribution in [0.25, 0.3) is 16.7 Å². The number of aromatic amines is 1. The molecule has 0 bridgehead atoms. The average molecular weight is 415 g/mol. The van der Waals surface area contributed by atoms with Crippen LogP contribution in [0.4, 0.5) is 4.39 Å². The number of rotatable bonds is 4. The number of halogens is 2. The number of hydrogen-bond donors (Lipinski definition) is 2. The van der Waals surface area contributed by atoms with Gasteiger partial charge in [-0.15, -0.1) is 10.2 Å². The minimum absolute atomic E-state index is 0.143. The highest BCUT2D eigenvalue weighted by Gasteiger charge is 2.24. The van der Waals surface area contributed by atoms with Gasteiger partial charge in [0.1, 0.15) is 17.5 Å². The smallest absolute Gasteiger partial charge is 0.255 e. The van der Waals surface area contributed by atoms with E-state index in [4.69, 9.17) is 11.6 Å². The normalized spacial score (nSPS) is 12.0. The second kappa shape index (κ2) is 7.11. The van der Waals surface area contributed by atoms with E-state index in [0.29, 0.717) is 29.5 Å². The van der Waals surface area contributed by atoms with Crippen LogP contribution in [-0.2, 0) is 11.8 Å². The van der Waals surface area contributed by atoms with Crippen molar-refractivity contribution in [2.24, 2.45) is 0 Å². The van der Waals surface area contributed by atoms with Crippen molar-refractivity contribution in [1.29, 1.82) is 0 Å². The molecule has 7 nitrogen and oxygen atoms in total. The van der Waals surface area contributed by atoms with Crippen LogP contribution in [0.5, 0.6) is 0 Å². The Labute approximate surface area is 171 Å². The van der Waals surface area contributed by atoms with E-state index in [1.54, 1.807) is 12.1 Å². The number of H-pyrrole nitrogens is 1. The first-order chi connectivity index (χ1) is 13.7. The number of amides is 1. The maximum atomic E-state index is 14.2. The third-order valence-electron chi connectivity index (χ3n) is 4.53. The summed E-state index contributed by atoms with van der Waals surface area (Å²) >= 11 is 5.98. The maximum absolute atomic E-state index is 14.2. The van der Waals surface area contributed by atoms with E-state index >= 15 is 0 Å². The van der Waals surface area contributed by atoms with Gasteiger partial charge in [0.25, 0.3) is 5.91 Å². The summed E-state index contributed by atoms with van der Waals surface area (Å²) in [5.41, 5.74) is 1.77. The molecule has 3 heterocycles. The Morgan fingerprint density at radius 1 is 1.28 bits per heavy atom. The zero-order chi connectivity index (χ0) is 20.8. The summed E-state index contributed by atoms with van der Waals surface area (Å²) in [5, 5.41) is 11.7. The number of aromatic nitrogens is 5. The summed E-state index contributed by atoms with van der Waals surface area (Å²) in [6, 6.07) is 6.58. The molecule has 0 fully saturated rings. The predicted molar refractivity (Wildman–Crippen MR) is 109 cm³/mol. The number of nitrogens with zero attached hydrogens (tertiary/aromatic N) is 4. The number of carbonyl (C=O) groups excluding carboxylic acids is 1. The molecule has 0 radical (unpaired) electrons. The topological polar surface area (TPSA) is 88.0 Å². The van der Waals surface area contributed by atoms with Crippen LogP contribution in [0.3, 0.4) is 0 Å². The zero-order valence-corrected chi connectivity index (χ0v) is 17.0. The first-order valence-corrected chi connectivity index (χ1v) is 9.57. The van der Waals surface area contributed by atoms with Gasteiger partial charge in [-0.2, -0.15) is 0 Å². The standard InChI is InChI=1S/C20H20ClFN6O/c1-20(2,3)19-27-26-17-13(9-12(22)10-28(17)19)18(29)23-7-6-16-24-14-5-4-11(21)8-15(14)25-16/h4-5,8-10H,6-7H2,1-3H3,(H,23,29)(H,24,25). The second-order valence-electron chi connectivity index (χ2n) is 7.89. The molecule has 0 spiro atoms. The van der Waals surface area contributed by atoms with E-state index in [2.05, 4.69) is 25.5 Å². The molecule has 4 aromatic rings. The van der Waals surface area contributed by atoms with Crippen LogP contribution in [0.15, 0.2) is 30.5 Å². The molecule has 4 rings (SSSR count). The summed E-state index contributed by atoms with van der Waals surface area (Å²) in [7, 11) is 0. The first kappa shape index (κ1) is 19.3. The van der Waals surface area contributed by atoms with Crippen molar-refractivity contribution in [3.63, 3.8) is 0 Å². The third kappa shape index (κ3) is 3.80. The van der Waals surface area contributed by atoms with Crippen LogP contribution in [0, 0.1) is 5.82 Å². The molecule has 3 aromatic heterocycles. The first-order valence-electron chi connectivity index (χ1n) is 9.19. The average Bonchev–Trinajstić information content (AvgIpc) is 3.23. The Morgan fingerprint density at radius 3 is 2.83 bits per heavy atom. The van der Waals surface area contributed by atoms with Crippen molar-refractivity contribution in [2.45, 2.75) is 32.6 Å². The predicted octanol–water partition coefficient (Wildman–Crippen LogP) is 3.67. The van der Waals surface area contributed by atoms with Crippen LogP contribution in [0.2, 0.25) is 5.02 Å². The van der Waals surface area contributed by atoms with Gasteiger partial charge in [0.05, 0.1) is 16.6 Å². The lowest BCUT2D eigenvalue weighted by atomic mass is 9.96. The highest BCUT2D eigenvalue weighted by atomic mass is 35.5. The molecule has 150 valence electrons. The Morgan fingerprint density at radius 2 is 2.07 bits per heavy atom. The molecular formula is C20H20ClFN6O. The van der Waals surface area contributed by atoms with E-state index in [-0.39, 0.29) is 11.0 Å². The molecule has 1 amide bonds. The van der Waals surface area contributed by atoms with Crippen molar-refractivity contribution in [3.05, 3.63) is 58.5 Å². The molecule has 0 aliphatic heterocycles. The highest BCUT2D eigenvalue weighted by Crippen LogP contribution is 2.23. The van der Waals surface area contributed by atoms with Crippen LogP contribution >= 0.6 is 11.6 Å². The molecule has 0 atom stereocenters. The summed E-state index contributed by atoms with van der Waals surface area (Å²) in [6.07, 6.45) is 1.79. The summed E-state index contributed by atoms with van der Waals surface area (Å²) < 4.78 is 15.7. The number of pyridine rings is 1. The maximum Gasteiger partial charge on any atom is 0.255 e. The van der Waals surface area contributed by atoms with Crippen LogP contribution < -0.4 is 5.32 Å². The fourth-order valence-electron chi connectivity index (χ4n) is 3.18. The van der Waals surface area contributed by atoms with Crippen molar-refractivity contribution in [1.82, 2.24) is 29.9 Å². The molecule has 9 heteroatoms. The molecule has 29 heavy (non-hydrogen) atoms. The summed E-state index contributed by atoms with van der Waals surface area (Å²) in [4.78, 5) is 20.3. The number of benzene rings is 1. The zero-order valence-electron chi connectivity index (χ0n) is 16.3. The van der Waals surface area contributed by atoms with Gasteiger partial charge in [-0.1, -0.05) is 32.4 Å². The SMILES string of the molecule is CC(C)(C)c1nnc2c(C(=O)NCCc3nc4ccc(Cl)cc4[nH]3)cc(F)cn12. The lowest BCUT2D eigenvalue weighted by Gasteiger charge is -2.16. The number of hydrogen-bond acceptors (Lipinski definition) is 4. The molecule has 0 saturated carbocycles. The van der Waals surface area contributed by atoms with E-state index in [0.717, 1.165) is 16.9 Å². The fraction of sp³-hybridized carbons (Fsp3) is 0.300. The summed E-state index contributed by atoms with van der Waals surface area (Å²) in [5.74, 6) is 0.370. The van der Waals surface area contributed by atoms with Gasteiger partial charge in [-0.05, 0) is 24.3 Å². The number of nitrogens with one attached hydrogen (secondary N) is 2. The summed E-state index contributed by atoms with van der Waals surface area (Å²) in [6.45, 7) is 6.19. The Balaban J connectivity index is 1.52. The second-order valence-corrected chi connectivity index (χ2v) is 8.33. The fourth-order valence-corrected chi connectivity index (χ4v) is 3.35. The highest BCUT2D eigenvalue weighted by molar-refractivity contribution is 6.31. The van der Waals surface area contributed by atoms with Gasteiger partial charge < -0.3 is 10.3 Å². The molecule has 2 N–H and O–H groups in total. The number of carbonyl (C=O) groups is 1. The van der Waals surface area contributed by atoms with Gasteiger partial charge in [0.2, 0.25) is 0 Å². The van der Waals surface area contributed by atoms with E-state index in [1.165, 1.54) is 16.7 Å². The minimum atomic E-state index is -0.526. The Bertz CT molecular complexity index is 1220. The Kier molecular flexibility index (Phi) is 4.74. The largest absolute Gasteiger partial charge is 0.351 e. The minimum Gasteiger partial charge on any atom is -0.351 e. The van der Waals surface area contributed by atoms with E-state index in [1.807, 2.05) is 26.8 Å². The van der Waals surface area contributed by atoms with Crippen molar-refractivity contribution >= 4 is 34.2 Å². The van der Waals surface area contributed by atoms with Gasteiger partial charge >= 0.3 is 0 Å². The molecule has 0 aliphatic carbocycles. The van der Waals surface area contributed by atoms with Crippen LogP contribution in [0.1, 0.15) is 42.8 Å². The number of fused-ring (bicyclic) bond motifs is 2. The monoisotopic (exact) mass is 414 g/mol. The third-order valence-corrected chi connectivity index (χ3v) is 4.76. The quantitative estimate of drug-likeness (QED) is 0.533. The van der Waals surface area contributed by atoms with Gasteiger partial charge in [-0.25, -0.2) is 9.37 Å². The number of imidazole rings is 1.